The number of phenols is 1. The second-order valence-electron chi connectivity index (χ2n) is 2.32. The van der Waals surface area contributed by atoms with E-state index in [0.29, 0.717) is 0 Å². The minimum Gasteiger partial charge on any atom is -0.508 e. The molecule has 0 saturated heterocycles. The number of aromatic hydroxyl groups is 1. The Morgan fingerprint density at radius 3 is 3.00 bits per heavy atom. The molecule has 62 valence electrons. The van der Waals surface area contributed by atoms with Crippen LogP contribution in [0.15, 0.2) is 21.3 Å². The molecule has 0 aliphatic heterocycles. The van der Waals surface area contributed by atoms with E-state index in [4.69, 9.17) is 5.11 Å². The van der Waals surface area contributed by atoms with Crippen molar-refractivity contribution >= 4 is 11.1 Å². The van der Waals surface area contributed by atoms with Gasteiger partial charge < -0.3 is 9.52 Å². The molecule has 2 aromatic rings. The van der Waals surface area contributed by atoms with E-state index in [2.05, 4.69) is 9.40 Å². The highest BCUT2D eigenvalue weighted by molar-refractivity contribution is 5.74. The van der Waals surface area contributed by atoms with Gasteiger partial charge in [0.2, 0.25) is 0 Å². The molecule has 1 aromatic carbocycles. The Morgan fingerprint density at radius 1 is 1.50 bits per heavy atom. The molecule has 0 saturated carbocycles. The van der Waals surface area contributed by atoms with Gasteiger partial charge in [0.25, 0.3) is 0 Å². The Morgan fingerprint density at radius 2 is 2.25 bits per heavy atom. The Hall–Kier alpha value is -1.78. The summed E-state index contributed by atoms with van der Waals surface area (Å²) in [5, 5.41) is 8.92. The number of halogens is 1. The van der Waals surface area contributed by atoms with Gasteiger partial charge in [0.05, 0.1) is 5.52 Å². The van der Waals surface area contributed by atoms with Gasteiger partial charge in [-0.3, -0.25) is 4.98 Å². The summed E-state index contributed by atoms with van der Waals surface area (Å²) in [6.45, 7) is 0. The van der Waals surface area contributed by atoms with Crippen LogP contribution >= 0.6 is 0 Å². The minimum atomic E-state index is -0.761. The van der Waals surface area contributed by atoms with Crippen molar-refractivity contribution in [2.45, 2.75) is 0 Å². The summed E-state index contributed by atoms with van der Waals surface area (Å²) in [4.78, 5) is 12.8. The molecule has 0 aliphatic rings. The summed E-state index contributed by atoms with van der Waals surface area (Å²) in [5.74, 6) is -1.75. The van der Waals surface area contributed by atoms with Crippen LogP contribution < -0.4 is 5.76 Å². The third-order valence-electron chi connectivity index (χ3n) is 1.46. The maximum atomic E-state index is 12.8. The van der Waals surface area contributed by atoms with Crippen LogP contribution in [0.25, 0.3) is 11.1 Å². The molecule has 2 rings (SSSR count). The van der Waals surface area contributed by atoms with Crippen molar-refractivity contribution in [3.63, 3.8) is 0 Å². The number of hydrogen-bond acceptors (Lipinski definition) is 3. The van der Waals surface area contributed by atoms with Gasteiger partial charge in [-0.15, -0.1) is 0 Å². The molecular formula is C7H4FNO3. The first-order chi connectivity index (χ1) is 5.66. The van der Waals surface area contributed by atoms with E-state index in [1.165, 1.54) is 6.07 Å². The van der Waals surface area contributed by atoms with E-state index in [1.807, 2.05) is 0 Å². The fraction of sp³-hybridized carbons (Fsp3) is 0. The zero-order chi connectivity index (χ0) is 8.72. The Balaban J connectivity index is 2.97. The van der Waals surface area contributed by atoms with Crippen molar-refractivity contribution in [2.75, 3.05) is 0 Å². The monoisotopic (exact) mass is 169 g/mol. The van der Waals surface area contributed by atoms with Gasteiger partial charge in [-0.25, -0.2) is 9.18 Å². The van der Waals surface area contributed by atoms with E-state index < -0.39 is 11.6 Å². The van der Waals surface area contributed by atoms with Gasteiger partial charge in [-0.1, -0.05) is 0 Å². The first-order valence-electron chi connectivity index (χ1n) is 3.18. The van der Waals surface area contributed by atoms with Crippen LogP contribution in [-0.2, 0) is 0 Å². The predicted octanol–water partition coefficient (Wildman–Crippen LogP) is 0.966. The molecular weight excluding hydrogens is 165 g/mol. The van der Waals surface area contributed by atoms with Crippen molar-refractivity contribution in [3.8, 4) is 5.75 Å². The van der Waals surface area contributed by atoms with Crippen LogP contribution in [-0.4, -0.2) is 10.1 Å². The summed E-state index contributed by atoms with van der Waals surface area (Å²) in [7, 11) is 0. The molecule has 1 heterocycles. The quantitative estimate of drug-likeness (QED) is 0.617. The Labute approximate surface area is 65.2 Å². The average Bonchev–Trinajstić information content (AvgIpc) is 2.29. The second-order valence-corrected chi connectivity index (χ2v) is 2.32. The van der Waals surface area contributed by atoms with Crippen LogP contribution in [0.5, 0.6) is 5.75 Å². The van der Waals surface area contributed by atoms with Gasteiger partial charge >= 0.3 is 5.76 Å². The summed E-state index contributed by atoms with van der Waals surface area (Å²) in [6, 6.07) is 2.09. The maximum absolute atomic E-state index is 12.8. The summed E-state index contributed by atoms with van der Waals surface area (Å²) < 4.78 is 17.3. The normalized spacial score (nSPS) is 10.8. The Kier molecular flexibility index (Phi) is 1.21. The first kappa shape index (κ1) is 6.90. The van der Waals surface area contributed by atoms with Gasteiger partial charge in [0.1, 0.15) is 5.75 Å². The second kappa shape index (κ2) is 2.10. The molecule has 0 amide bonds. The van der Waals surface area contributed by atoms with Gasteiger partial charge in [-0.2, -0.15) is 0 Å². The van der Waals surface area contributed by atoms with Crippen LogP contribution in [0.3, 0.4) is 0 Å². The zero-order valence-corrected chi connectivity index (χ0v) is 5.80. The highest BCUT2D eigenvalue weighted by atomic mass is 19.1. The van der Waals surface area contributed by atoms with Crippen LogP contribution in [0.2, 0.25) is 0 Å². The standard InChI is InChI=1S/C7H4FNO3/c8-4-1-3(10)2-5-6(4)12-7(11)9-5/h1-2,10H,(H,9,11). The zero-order valence-electron chi connectivity index (χ0n) is 5.80. The van der Waals surface area contributed by atoms with Crippen LogP contribution in [0, 0.1) is 5.82 Å². The number of benzene rings is 1. The molecule has 1 aromatic heterocycles. The third-order valence-corrected chi connectivity index (χ3v) is 1.46. The molecule has 0 spiro atoms. The largest absolute Gasteiger partial charge is 0.508 e. The molecule has 5 heteroatoms. The van der Waals surface area contributed by atoms with Crippen molar-refractivity contribution < 1.29 is 13.9 Å². The lowest BCUT2D eigenvalue weighted by molar-refractivity contribution is 0.467. The molecule has 0 radical (unpaired) electrons. The number of rotatable bonds is 0. The maximum Gasteiger partial charge on any atom is 0.417 e. The number of aromatic nitrogens is 1. The van der Waals surface area contributed by atoms with Gasteiger partial charge in [0.15, 0.2) is 11.4 Å². The molecule has 0 atom stereocenters. The van der Waals surface area contributed by atoms with Crippen molar-refractivity contribution in [2.24, 2.45) is 0 Å². The highest BCUT2D eigenvalue weighted by Crippen LogP contribution is 2.20. The van der Waals surface area contributed by atoms with Crippen LogP contribution in [0.1, 0.15) is 0 Å². The molecule has 4 nitrogen and oxygen atoms in total. The van der Waals surface area contributed by atoms with E-state index in [9.17, 15) is 9.18 Å². The summed E-state index contributed by atoms with van der Waals surface area (Å²) >= 11 is 0. The minimum absolute atomic E-state index is 0.150. The van der Waals surface area contributed by atoms with Gasteiger partial charge in [0, 0.05) is 12.1 Å². The number of oxazole rings is 1. The summed E-state index contributed by atoms with van der Waals surface area (Å²) in [6.07, 6.45) is 0. The molecule has 0 unspecified atom stereocenters. The lowest BCUT2D eigenvalue weighted by Crippen LogP contribution is -1.92. The van der Waals surface area contributed by atoms with Crippen molar-refractivity contribution in [3.05, 3.63) is 28.5 Å². The smallest absolute Gasteiger partial charge is 0.417 e. The average molecular weight is 169 g/mol. The number of nitrogens with one attached hydrogen (secondary N) is 1. The molecule has 0 fully saturated rings. The topological polar surface area (TPSA) is 66.2 Å². The van der Waals surface area contributed by atoms with Crippen molar-refractivity contribution in [1.29, 1.82) is 0 Å². The fourth-order valence-electron chi connectivity index (χ4n) is 1.00. The molecule has 0 aliphatic carbocycles. The fourth-order valence-corrected chi connectivity index (χ4v) is 1.00. The Bertz CT molecular complexity index is 485. The number of aromatic amines is 1. The first-order valence-corrected chi connectivity index (χ1v) is 3.18. The lowest BCUT2D eigenvalue weighted by atomic mass is 10.3. The number of H-pyrrole nitrogens is 1. The molecule has 0 bridgehead atoms. The van der Waals surface area contributed by atoms with E-state index >= 15 is 0 Å². The van der Waals surface area contributed by atoms with E-state index in [0.717, 1.165) is 6.07 Å². The van der Waals surface area contributed by atoms with Gasteiger partial charge in [-0.05, 0) is 0 Å². The SMILES string of the molecule is O=c1[nH]c2cc(O)cc(F)c2o1. The van der Waals surface area contributed by atoms with E-state index in [1.54, 1.807) is 0 Å². The number of hydrogen-bond donors (Lipinski definition) is 2. The lowest BCUT2D eigenvalue weighted by Gasteiger charge is -1.91. The highest BCUT2D eigenvalue weighted by Gasteiger charge is 2.07. The molecule has 2 N–H and O–H groups in total. The van der Waals surface area contributed by atoms with E-state index in [-0.39, 0.29) is 16.8 Å². The summed E-state index contributed by atoms with van der Waals surface area (Å²) in [5.41, 5.74) is -0.0182. The predicted molar refractivity (Wildman–Crippen MR) is 38.5 cm³/mol. The third kappa shape index (κ3) is 0.868. The van der Waals surface area contributed by atoms with Crippen molar-refractivity contribution in [1.82, 2.24) is 4.98 Å². The number of phenolic OH excluding ortho intramolecular Hbond substituents is 1. The number of fused-ring (bicyclic) bond motifs is 1. The molecule has 12 heavy (non-hydrogen) atoms. The van der Waals surface area contributed by atoms with Crippen LogP contribution in [0.4, 0.5) is 4.39 Å².